The summed E-state index contributed by atoms with van der Waals surface area (Å²) in [5.74, 6) is -2.46. The SMILES string of the molecule is CC(C)C[C@H](NC(=O)[C@H](Cc1ccccc1)NC(=O)[C@H](CCCC[N+](C)(C)C)NC(=O)[C@H](CCCCN=C(N)N)NC(=O)[C@@H]1CCCN1)C(N)=O.[I-]. The number of carbonyl (C=O) groups is 5. The van der Waals surface area contributed by atoms with Crippen molar-refractivity contribution in [1.82, 2.24) is 26.6 Å². The lowest BCUT2D eigenvalue weighted by atomic mass is 10.0. The summed E-state index contributed by atoms with van der Waals surface area (Å²) in [5, 5.41) is 14.5. The summed E-state index contributed by atoms with van der Waals surface area (Å²) in [6, 6.07) is 4.94. The molecule has 0 radical (unpaired) electrons. The van der Waals surface area contributed by atoms with Gasteiger partial charge in [-0.3, -0.25) is 29.0 Å². The molecule has 1 aliphatic rings. The number of hydrogen-bond acceptors (Lipinski definition) is 7. The minimum absolute atomic E-state index is 0. The number of halogens is 1. The molecule has 5 atom stereocenters. The summed E-state index contributed by atoms with van der Waals surface area (Å²) in [6.45, 7) is 5.79. The van der Waals surface area contributed by atoms with E-state index in [1.54, 1.807) is 0 Å². The Morgan fingerprint density at radius 2 is 1.37 bits per heavy atom. The topological polar surface area (TPSA) is 236 Å². The molecule has 0 unspecified atom stereocenters. The maximum atomic E-state index is 14.1. The summed E-state index contributed by atoms with van der Waals surface area (Å²) in [6.07, 6.45) is 5.20. The lowest BCUT2D eigenvalue weighted by Crippen LogP contribution is -3.00. The molecule has 2 rings (SSSR count). The van der Waals surface area contributed by atoms with Crippen LogP contribution in [0.2, 0.25) is 0 Å². The Labute approximate surface area is 326 Å². The zero-order valence-electron chi connectivity index (χ0n) is 31.6. The molecule has 0 aliphatic carbocycles. The molecule has 1 aromatic rings. The highest BCUT2D eigenvalue weighted by atomic mass is 127. The zero-order chi connectivity index (χ0) is 38.0. The Hall–Kier alpha value is -3.51. The van der Waals surface area contributed by atoms with Gasteiger partial charge in [0.05, 0.1) is 33.7 Å². The molecule has 15 nitrogen and oxygen atoms in total. The normalized spacial score (nSPS) is 16.4. The van der Waals surface area contributed by atoms with Crippen LogP contribution in [0.15, 0.2) is 35.3 Å². The molecule has 1 aliphatic heterocycles. The molecule has 0 bridgehead atoms. The average molecular weight is 843 g/mol. The van der Waals surface area contributed by atoms with Crippen LogP contribution in [0.5, 0.6) is 0 Å². The summed E-state index contributed by atoms with van der Waals surface area (Å²) < 4.78 is 0.739. The van der Waals surface area contributed by atoms with E-state index in [1.165, 1.54) is 0 Å². The number of nitrogens with zero attached hydrogens (tertiary/aromatic N) is 2. The van der Waals surface area contributed by atoms with Gasteiger partial charge in [-0.15, -0.1) is 0 Å². The number of amides is 5. The average Bonchev–Trinajstić information content (AvgIpc) is 3.60. The van der Waals surface area contributed by atoms with Crippen LogP contribution in [0.25, 0.3) is 0 Å². The van der Waals surface area contributed by atoms with Crippen molar-refractivity contribution >= 4 is 35.5 Å². The Kier molecular flexibility index (Phi) is 21.4. The Morgan fingerprint density at radius 1 is 0.808 bits per heavy atom. The predicted molar refractivity (Wildman–Crippen MR) is 199 cm³/mol. The molecule has 52 heavy (non-hydrogen) atoms. The fraction of sp³-hybridized carbons (Fsp3) is 0.667. The number of nitrogens with two attached hydrogens (primary N) is 3. The van der Waals surface area contributed by atoms with Crippen LogP contribution in [0.4, 0.5) is 0 Å². The lowest BCUT2D eigenvalue weighted by molar-refractivity contribution is -0.870. The number of aliphatic imine (C=N–C) groups is 1. The first-order valence-electron chi connectivity index (χ1n) is 18.2. The second-order valence-corrected chi connectivity index (χ2v) is 14.9. The number of guanidine groups is 1. The molecule has 11 N–H and O–H groups in total. The number of hydrogen-bond donors (Lipinski definition) is 8. The Morgan fingerprint density at radius 3 is 1.90 bits per heavy atom. The van der Waals surface area contributed by atoms with E-state index in [9.17, 15) is 24.0 Å². The van der Waals surface area contributed by atoms with Crippen LogP contribution in [-0.4, -0.2) is 111 Å². The predicted octanol–water partition coefficient (Wildman–Crippen LogP) is -3.22. The van der Waals surface area contributed by atoms with E-state index in [0.29, 0.717) is 51.5 Å². The van der Waals surface area contributed by atoms with Crippen molar-refractivity contribution in [2.24, 2.45) is 28.1 Å². The van der Waals surface area contributed by atoms with Gasteiger partial charge in [0.2, 0.25) is 29.5 Å². The van der Waals surface area contributed by atoms with Gasteiger partial charge < -0.3 is 72.2 Å². The fourth-order valence-corrected chi connectivity index (χ4v) is 5.91. The van der Waals surface area contributed by atoms with E-state index in [4.69, 9.17) is 17.2 Å². The standard InChI is InChI=1S/C36H62N10O5.HI/c1-24(2)22-29(31(37)47)44-35(51)30(23-25-14-7-6-8-15-25)45-34(50)28(17-10-12-21-46(3,4)5)43-33(49)27(16-9-11-19-41-36(38)39)42-32(48)26-18-13-20-40-26;/h6-8,14-15,24,26-30,40H,9-13,16-23H2,1-5H3,(H9-,37,38,39,41,42,43,44,45,47,48,49,50,51);1H/t26-,27-,28-,29-,30-;/m0./s1. The minimum Gasteiger partial charge on any atom is -1.00 e. The third kappa shape index (κ3) is 18.8. The molecule has 0 aromatic heterocycles. The highest BCUT2D eigenvalue weighted by molar-refractivity contribution is 5.95. The number of primary amides is 1. The first-order chi connectivity index (χ1) is 24.1. The van der Waals surface area contributed by atoms with Crippen LogP contribution < -0.4 is 67.8 Å². The molecule has 1 aromatic carbocycles. The van der Waals surface area contributed by atoms with Crippen LogP contribution in [0.3, 0.4) is 0 Å². The van der Waals surface area contributed by atoms with Crippen molar-refractivity contribution in [1.29, 1.82) is 0 Å². The number of benzene rings is 1. The van der Waals surface area contributed by atoms with Crippen LogP contribution in [0.1, 0.15) is 77.2 Å². The number of unbranched alkanes of at least 4 members (excludes halogenated alkanes) is 2. The molecule has 1 saturated heterocycles. The number of quaternary nitrogens is 1. The van der Waals surface area contributed by atoms with Gasteiger partial charge in [-0.2, -0.15) is 0 Å². The third-order valence-corrected chi connectivity index (χ3v) is 8.69. The quantitative estimate of drug-likeness (QED) is 0.0183. The maximum Gasteiger partial charge on any atom is 0.243 e. The maximum absolute atomic E-state index is 14.1. The molecule has 0 saturated carbocycles. The van der Waals surface area contributed by atoms with Gasteiger partial charge >= 0.3 is 0 Å². The second-order valence-electron chi connectivity index (χ2n) is 14.9. The highest BCUT2D eigenvalue weighted by Crippen LogP contribution is 2.12. The van der Waals surface area contributed by atoms with E-state index in [0.717, 1.165) is 36.0 Å². The lowest BCUT2D eigenvalue weighted by Gasteiger charge is -2.27. The fourth-order valence-electron chi connectivity index (χ4n) is 5.91. The Balaban J connectivity index is 0.0000135. The summed E-state index contributed by atoms with van der Waals surface area (Å²) in [7, 11) is 6.24. The Bertz CT molecular complexity index is 1300. The zero-order valence-corrected chi connectivity index (χ0v) is 33.7. The van der Waals surface area contributed by atoms with Crippen molar-refractivity contribution in [2.45, 2.75) is 108 Å². The van der Waals surface area contributed by atoms with Crippen molar-refractivity contribution in [3.8, 4) is 0 Å². The number of carbonyl (C=O) groups excluding carboxylic acids is 5. The molecule has 1 heterocycles. The highest BCUT2D eigenvalue weighted by Gasteiger charge is 2.32. The van der Waals surface area contributed by atoms with Crippen LogP contribution in [-0.2, 0) is 30.4 Å². The minimum atomic E-state index is -1.06. The number of nitrogens with one attached hydrogen (secondary N) is 5. The van der Waals surface area contributed by atoms with Gasteiger partial charge in [-0.1, -0.05) is 44.2 Å². The second kappa shape index (κ2) is 23.9. The summed E-state index contributed by atoms with van der Waals surface area (Å²) in [5.41, 5.74) is 17.3. The molecule has 1 fully saturated rings. The van der Waals surface area contributed by atoms with Crippen molar-refractivity contribution in [2.75, 3.05) is 40.8 Å². The monoisotopic (exact) mass is 842 g/mol. The van der Waals surface area contributed by atoms with Crippen molar-refractivity contribution < 1.29 is 52.4 Å². The van der Waals surface area contributed by atoms with E-state index >= 15 is 0 Å². The first kappa shape index (κ1) is 46.5. The summed E-state index contributed by atoms with van der Waals surface area (Å²) >= 11 is 0. The van der Waals surface area contributed by atoms with E-state index < -0.39 is 53.8 Å². The first-order valence-corrected chi connectivity index (χ1v) is 18.2. The molecule has 294 valence electrons. The van der Waals surface area contributed by atoms with Gasteiger partial charge in [-0.25, -0.2) is 0 Å². The van der Waals surface area contributed by atoms with Gasteiger partial charge in [0.1, 0.15) is 24.2 Å². The van der Waals surface area contributed by atoms with Gasteiger partial charge in [0.15, 0.2) is 5.96 Å². The smallest absolute Gasteiger partial charge is 0.243 e. The molecule has 5 amide bonds. The van der Waals surface area contributed by atoms with Gasteiger partial charge in [-0.05, 0) is 75.8 Å². The van der Waals surface area contributed by atoms with Crippen LogP contribution in [0, 0.1) is 5.92 Å². The van der Waals surface area contributed by atoms with Gasteiger partial charge in [0, 0.05) is 13.0 Å². The molecular weight excluding hydrogens is 779 g/mol. The van der Waals surface area contributed by atoms with E-state index in [1.807, 2.05) is 44.2 Å². The van der Waals surface area contributed by atoms with Crippen molar-refractivity contribution in [3.63, 3.8) is 0 Å². The van der Waals surface area contributed by atoms with Crippen molar-refractivity contribution in [3.05, 3.63) is 35.9 Å². The van der Waals surface area contributed by atoms with E-state index in [-0.39, 0.29) is 48.2 Å². The third-order valence-electron chi connectivity index (χ3n) is 8.69. The largest absolute Gasteiger partial charge is 1.00 e. The van der Waals surface area contributed by atoms with Crippen LogP contribution >= 0.6 is 0 Å². The van der Waals surface area contributed by atoms with E-state index in [2.05, 4.69) is 52.7 Å². The number of rotatable bonds is 23. The summed E-state index contributed by atoms with van der Waals surface area (Å²) in [4.78, 5) is 70.9. The molecular formula is C36H63IN10O5. The van der Waals surface area contributed by atoms with Gasteiger partial charge in [0.25, 0.3) is 0 Å². The molecule has 0 spiro atoms. The molecule has 16 heteroatoms.